The number of ether oxygens (including phenoxy) is 3. The number of fused-ring (bicyclic) bond motifs is 5. The Bertz CT molecular complexity index is 334. The average Bonchev–Trinajstić information content (AvgIpc) is 2.45. The van der Waals surface area contributed by atoms with Gasteiger partial charge in [-0.1, -0.05) is 0 Å². The second-order valence-electron chi connectivity index (χ2n) is 6.10. The summed E-state index contributed by atoms with van der Waals surface area (Å²) in [6, 6.07) is 0. The molecule has 0 aliphatic carbocycles. The van der Waals surface area contributed by atoms with Crippen LogP contribution in [0.4, 0.5) is 0 Å². The normalized spacial score (nSPS) is 54.1. The summed E-state index contributed by atoms with van der Waals surface area (Å²) in [5.41, 5.74) is -1.02. The van der Waals surface area contributed by atoms with Gasteiger partial charge in [-0.3, -0.25) is 4.79 Å². The zero-order valence-corrected chi connectivity index (χ0v) is 10.2. The molecular weight excluding hydrogens is 208 g/mol. The molecule has 4 heteroatoms. The lowest BCUT2D eigenvalue weighted by atomic mass is 9.93. The van der Waals surface area contributed by atoms with Crippen LogP contribution in [-0.2, 0) is 19.0 Å². The lowest BCUT2D eigenvalue weighted by Gasteiger charge is -2.38. The third-order valence-electron chi connectivity index (χ3n) is 3.86. The number of carbonyl (C=O) groups is 1. The minimum absolute atomic E-state index is 0.126. The Morgan fingerprint density at radius 1 is 1.00 bits per heavy atom. The van der Waals surface area contributed by atoms with E-state index in [0.29, 0.717) is 12.8 Å². The molecule has 0 N–H and O–H groups in total. The summed E-state index contributed by atoms with van der Waals surface area (Å²) in [5.74, 6) is -0.321. The van der Waals surface area contributed by atoms with E-state index in [1.165, 1.54) is 0 Å². The number of rotatable bonds is 0. The Morgan fingerprint density at radius 2 is 1.44 bits per heavy atom. The van der Waals surface area contributed by atoms with Crippen LogP contribution >= 0.6 is 0 Å². The molecule has 4 unspecified atom stereocenters. The van der Waals surface area contributed by atoms with Crippen molar-refractivity contribution in [3.05, 3.63) is 0 Å². The van der Waals surface area contributed by atoms with Gasteiger partial charge in [-0.15, -0.1) is 0 Å². The van der Waals surface area contributed by atoms with Gasteiger partial charge in [0, 0.05) is 12.8 Å². The Labute approximate surface area is 95.2 Å². The molecule has 0 aromatic heterocycles. The van der Waals surface area contributed by atoms with E-state index in [1.54, 1.807) is 0 Å². The summed E-state index contributed by atoms with van der Waals surface area (Å²) < 4.78 is 17.8. The van der Waals surface area contributed by atoms with E-state index >= 15 is 0 Å². The maximum atomic E-state index is 11.7. The van der Waals surface area contributed by atoms with Crippen molar-refractivity contribution in [2.75, 3.05) is 0 Å². The number of ketones is 1. The highest BCUT2D eigenvalue weighted by atomic mass is 16.8. The molecular formula is C12H18O4. The predicted molar refractivity (Wildman–Crippen MR) is 56.0 cm³/mol. The van der Waals surface area contributed by atoms with Crippen LogP contribution in [0.3, 0.4) is 0 Å². The van der Waals surface area contributed by atoms with E-state index < -0.39 is 17.0 Å². The SMILES string of the molecule is CC1(C)OC2C(O1)C1(C)CC(=O)CC2(C)O1. The van der Waals surface area contributed by atoms with Gasteiger partial charge in [-0.2, -0.15) is 0 Å². The maximum absolute atomic E-state index is 11.7. The van der Waals surface area contributed by atoms with Gasteiger partial charge in [0.1, 0.15) is 29.2 Å². The van der Waals surface area contributed by atoms with Gasteiger partial charge >= 0.3 is 0 Å². The van der Waals surface area contributed by atoms with Crippen LogP contribution in [0.15, 0.2) is 0 Å². The van der Waals surface area contributed by atoms with Gasteiger partial charge in [0.25, 0.3) is 0 Å². The third-order valence-corrected chi connectivity index (χ3v) is 3.86. The Balaban J connectivity index is 2.02. The number of Topliss-reactive ketones (excluding diaryl/α,β-unsaturated/α-hetero) is 1. The Hall–Kier alpha value is -0.450. The van der Waals surface area contributed by atoms with Gasteiger partial charge < -0.3 is 14.2 Å². The number of carbonyl (C=O) groups excluding carboxylic acids is 1. The van der Waals surface area contributed by atoms with Gasteiger partial charge in [-0.25, -0.2) is 0 Å². The van der Waals surface area contributed by atoms with E-state index in [0.717, 1.165) is 0 Å². The van der Waals surface area contributed by atoms with Crippen LogP contribution in [0, 0.1) is 0 Å². The van der Waals surface area contributed by atoms with Crippen molar-refractivity contribution in [1.29, 1.82) is 0 Å². The molecule has 3 heterocycles. The van der Waals surface area contributed by atoms with Crippen molar-refractivity contribution in [2.45, 2.75) is 69.7 Å². The minimum atomic E-state index is -0.567. The Kier molecular flexibility index (Phi) is 1.79. The number of hydrogen-bond donors (Lipinski definition) is 0. The first-order valence-corrected chi connectivity index (χ1v) is 5.82. The molecule has 3 aliphatic heterocycles. The molecule has 0 spiro atoms. The molecule has 0 saturated carbocycles. The molecule has 0 aromatic rings. The molecule has 4 nitrogen and oxygen atoms in total. The molecule has 3 aliphatic rings. The van der Waals surface area contributed by atoms with Crippen molar-refractivity contribution >= 4 is 5.78 Å². The topological polar surface area (TPSA) is 44.8 Å². The molecule has 0 aromatic carbocycles. The number of hydrogen-bond acceptors (Lipinski definition) is 4. The zero-order valence-electron chi connectivity index (χ0n) is 10.2. The van der Waals surface area contributed by atoms with Crippen LogP contribution in [0.1, 0.15) is 40.5 Å². The van der Waals surface area contributed by atoms with Crippen molar-refractivity contribution < 1.29 is 19.0 Å². The molecule has 4 atom stereocenters. The largest absolute Gasteiger partial charge is 0.363 e. The van der Waals surface area contributed by atoms with Gasteiger partial charge in [-0.05, 0) is 27.7 Å². The fourth-order valence-electron chi connectivity index (χ4n) is 3.42. The van der Waals surface area contributed by atoms with Crippen LogP contribution in [0.5, 0.6) is 0 Å². The average molecular weight is 226 g/mol. The van der Waals surface area contributed by atoms with Crippen LogP contribution in [-0.4, -0.2) is 35.0 Å². The van der Waals surface area contributed by atoms with Crippen molar-refractivity contribution in [1.82, 2.24) is 0 Å². The van der Waals surface area contributed by atoms with Crippen LogP contribution in [0.2, 0.25) is 0 Å². The first kappa shape index (κ1) is 10.7. The third kappa shape index (κ3) is 1.24. The molecule has 3 saturated heterocycles. The molecule has 2 bridgehead atoms. The first-order valence-electron chi connectivity index (χ1n) is 5.82. The van der Waals surface area contributed by atoms with E-state index in [4.69, 9.17) is 14.2 Å². The second kappa shape index (κ2) is 2.68. The quantitative estimate of drug-likeness (QED) is 0.626. The van der Waals surface area contributed by atoms with Gasteiger partial charge in [0.15, 0.2) is 5.79 Å². The molecule has 3 rings (SSSR count). The highest BCUT2D eigenvalue weighted by Crippen LogP contribution is 2.54. The summed E-state index contributed by atoms with van der Waals surface area (Å²) >= 11 is 0. The lowest BCUT2D eigenvalue weighted by molar-refractivity contribution is -0.236. The van der Waals surface area contributed by atoms with Gasteiger partial charge in [0.05, 0.1) is 0 Å². The second-order valence-corrected chi connectivity index (χ2v) is 6.10. The van der Waals surface area contributed by atoms with Crippen molar-refractivity contribution in [3.8, 4) is 0 Å². The van der Waals surface area contributed by atoms with Crippen molar-refractivity contribution in [2.24, 2.45) is 0 Å². The smallest absolute Gasteiger partial charge is 0.164 e. The summed E-state index contributed by atoms with van der Waals surface area (Å²) in [6.45, 7) is 7.74. The summed E-state index contributed by atoms with van der Waals surface area (Å²) in [5, 5.41) is 0. The minimum Gasteiger partial charge on any atom is -0.363 e. The lowest BCUT2D eigenvalue weighted by Crippen LogP contribution is -2.47. The predicted octanol–water partition coefficient (Wildman–Crippen LogP) is 1.42. The highest BCUT2D eigenvalue weighted by molar-refractivity contribution is 5.82. The van der Waals surface area contributed by atoms with Crippen LogP contribution in [0.25, 0.3) is 0 Å². The van der Waals surface area contributed by atoms with E-state index in [9.17, 15) is 4.79 Å². The zero-order chi connectivity index (χ0) is 11.8. The Morgan fingerprint density at radius 3 is 1.88 bits per heavy atom. The molecule has 90 valence electrons. The standard InChI is InChI=1S/C12H18O4/c1-10(2)14-8-9(15-10)12(4)6-7(13)5-11(8,3)16-12/h8-9H,5-6H2,1-4H3. The van der Waals surface area contributed by atoms with E-state index in [2.05, 4.69) is 0 Å². The molecule has 3 fully saturated rings. The molecule has 0 radical (unpaired) electrons. The van der Waals surface area contributed by atoms with Crippen molar-refractivity contribution in [3.63, 3.8) is 0 Å². The van der Waals surface area contributed by atoms with Gasteiger partial charge in [0.2, 0.25) is 0 Å². The van der Waals surface area contributed by atoms with E-state index in [-0.39, 0.29) is 18.0 Å². The molecule has 0 amide bonds. The van der Waals surface area contributed by atoms with Crippen LogP contribution < -0.4 is 0 Å². The first-order chi connectivity index (χ1) is 7.24. The monoisotopic (exact) mass is 226 g/mol. The molecule has 16 heavy (non-hydrogen) atoms. The maximum Gasteiger partial charge on any atom is 0.164 e. The summed E-state index contributed by atoms with van der Waals surface area (Å²) in [4.78, 5) is 11.7. The highest BCUT2D eigenvalue weighted by Gasteiger charge is 2.68. The fourth-order valence-corrected chi connectivity index (χ4v) is 3.42. The summed E-state index contributed by atoms with van der Waals surface area (Å²) in [6.07, 6.45) is 0.616. The fraction of sp³-hybridized carbons (Fsp3) is 0.917. The summed E-state index contributed by atoms with van der Waals surface area (Å²) in [7, 11) is 0. The van der Waals surface area contributed by atoms with E-state index in [1.807, 2.05) is 27.7 Å².